The number of Topliss-reactive ketones (excluding diaryl/α,β-unsaturated/α-hetero) is 1. The maximum absolute atomic E-state index is 11.1. The molecule has 0 bridgehead atoms. The highest BCUT2D eigenvalue weighted by Gasteiger charge is 2.25. The summed E-state index contributed by atoms with van der Waals surface area (Å²) < 4.78 is 0. The van der Waals surface area contributed by atoms with Crippen LogP contribution in [0, 0.1) is 0 Å². The molecule has 1 aliphatic carbocycles. The molecule has 1 aliphatic rings. The standard InChI is InChI=1S/C9H9NO/c10-9-7-4-2-1-3-6(7)5-8(9)11/h1-4,9H,5,10H2/t9-/m1/s1. The van der Waals surface area contributed by atoms with E-state index in [1.165, 1.54) is 0 Å². The minimum absolute atomic E-state index is 0.131. The van der Waals surface area contributed by atoms with E-state index in [-0.39, 0.29) is 11.8 Å². The van der Waals surface area contributed by atoms with Gasteiger partial charge in [-0.2, -0.15) is 0 Å². The maximum atomic E-state index is 11.1. The zero-order valence-electron chi connectivity index (χ0n) is 6.08. The van der Waals surface area contributed by atoms with E-state index >= 15 is 0 Å². The van der Waals surface area contributed by atoms with Gasteiger partial charge in [-0.3, -0.25) is 4.79 Å². The molecule has 1 aromatic carbocycles. The SMILES string of the molecule is N[C@H]1C(=O)Cc2ccccc21. The third-order valence-corrected chi connectivity index (χ3v) is 2.10. The van der Waals surface area contributed by atoms with Crippen molar-refractivity contribution in [2.24, 2.45) is 5.73 Å². The minimum atomic E-state index is -0.369. The molecule has 0 unspecified atom stereocenters. The second-order valence-electron chi connectivity index (χ2n) is 2.82. The summed E-state index contributed by atoms with van der Waals surface area (Å²) in [6.07, 6.45) is 0.511. The quantitative estimate of drug-likeness (QED) is 0.590. The molecule has 2 N–H and O–H groups in total. The lowest BCUT2D eigenvalue weighted by molar-refractivity contribution is -0.118. The van der Waals surface area contributed by atoms with E-state index in [1.54, 1.807) is 0 Å². The number of carbonyl (C=O) groups is 1. The first-order valence-electron chi connectivity index (χ1n) is 3.65. The van der Waals surface area contributed by atoms with Crippen LogP contribution in [0.1, 0.15) is 17.2 Å². The normalized spacial score (nSPS) is 21.9. The molecule has 0 saturated heterocycles. The van der Waals surface area contributed by atoms with Crippen molar-refractivity contribution >= 4 is 5.78 Å². The molecule has 0 fully saturated rings. The van der Waals surface area contributed by atoms with E-state index in [9.17, 15) is 4.79 Å². The lowest BCUT2D eigenvalue weighted by Gasteiger charge is -2.00. The molecule has 56 valence electrons. The van der Waals surface area contributed by atoms with Gasteiger partial charge in [0.25, 0.3) is 0 Å². The summed E-state index contributed by atoms with van der Waals surface area (Å²) in [5.41, 5.74) is 7.73. The molecular formula is C9H9NO. The number of nitrogens with two attached hydrogens (primary N) is 1. The van der Waals surface area contributed by atoms with Crippen LogP contribution < -0.4 is 5.73 Å². The van der Waals surface area contributed by atoms with E-state index in [4.69, 9.17) is 5.73 Å². The van der Waals surface area contributed by atoms with Gasteiger partial charge in [0.15, 0.2) is 5.78 Å². The van der Waals surface area contributed by atoms with Crippen LogP contribution in [0.4, 0.5) is 0 Å². The van der Waals surface area contributed by atoms with Gasteiger partial charge in [0.2, 0.25) is 0 Å². The van der Waals surface area contributed by atoms with Gasteiger partial charge >= 0.3 is 0 Å². The molecule has 0 amide bonds. The van der Waals surface area contributed by atoms with Gasteiger partial charge in [-0.15, -0.1) is 0 Å². The molecule has 11 heavy (non-hydrogen) atoms. The maximum Gasteiger partial charge on any atom is 0.158 e. The number of fused-ring (bicyclic) bond motifs is 1. The predicted octanol–water partition coefficient (Wildman–Crippen LogP) is 0.812. The van der Waals surface area contributed by atoms with Crippen LogP contribution in [0.5, 0.6) is 0 Å². The Balaban J connectivity index is 2.55. The zero-order chi connectivity index (χ0) is 7.84. The first-order valence-corrected chi connectivity index (χ1v) is 3.65. The third-order valence-electron chi connectivity index (χ3n) is 2.10. The Bertz CT molecular complexity index is 306. The summed E-state index contributed by atoms with van der Waals surface area (Å²) in [4.78, 5) is 11.1. The number of hydrogen-bond acceptors (Lipinski definition) is 2. The summed E-state index contributed by atoms with van der Waals surface area (Å²) in [6, 6.07) is 7.36. The lowest BCUT2D eigenvalue weighted by atomic mass is 10.1. The highest BCUT2D eigenvalue weighted by atomic mass is 16.1. The van der Waals surface area contributed by atoms with Crippen molar-refractivity contribution in [2.75, 3.05) is 0 Å². The Kier molecular flexibility index (Phi) is 1.29. The Hall–Kier alpha value is -1.15. The summed E-state index contributed by atoms with van der Waals surface area (Å²) >= 11 is 0. The zero-order valence-corrected chi connectivity index (χ0v) is 6.08. The third kappa shape index (κ3) is 0.870. The van der Waals surface area contributed by atoms with E-state index < -0.39 is 0 Å². The molecule has 0 spiro atoms. The van der Waals surface area contributed by atoms with Crippen molar-refractivity contribution in [3.63, 3.8) is 0 Å². The summed E-state index contributed by atoms with van der Waals surface area (Å²) in [7, 11) is 0. The van der Waals surface area contributed by atoms with Crippen LogP contribution in [-0.4, -0.2) is 5.78 Å². The fourth-order valence-electron chi connectivity index (χ4n) is 1.47. The second-order valence-corrected chi connectivity index (χ2v) is 2.82. The number of ketones is 1. The molecule has 0 radical (unpaired) electrons. The lowest BCUT2D eigenvalue weighted by Crippen LogP contribution is -2.15. The van der Waals surface area contributed by atoms with E-state index in [2.05, 4.69) is 0 Å². The van der Waals surface area contributed by atoms with Crippen molar-refractivity contribution in [1.29, 1.82) is 0 Å². The fourth-order valence-corrected chi connectivity index (χ4v) is 1.47. The molecule has 0 saturated carbocycles. The van der Waals surface area contributed by atoms with Gasteiger partial charge in [-0.05, 0) is 11.1 Å². The number of hydrogen-bond donors (Lipinski definition) is 1. The molecule has 2 heteroatoms. The monoisotopic (exact) mass is 147 g/mol. The van der Waals surface area contributed by atoms with Crippen LogP contribution in [0.25, 0.3) is 0 Å². The average molecular weight is 147 g/mol. The average Bonchev–Trinajstić information content (AvgIpc) is 2.30. The predicted molar refractivity (Wildman–Crippen MR) is 42.1 cm³/mol. The van der Waals surface area contributed by atoms with Gasteiger partial charge in [0.1, 0.15) is 0 Å². The van der Waals surface area contributed by atoms with Crippen LogP contribution in [0.2, 0.25) is 0 Å². The van der Waals surface area contributed by atoms with Gasteiger partial charge in [0.05, 0.1) is 6.04 Å². The van der Waals surface area contributed by atoms with Crippen molar-refractivity contribution in [2.45, 2.75) is 12.5 Å². The molecule has 2 rings (SSSR count). The second kappa shape index (κ2) is 2.17. The van der Waals surface area contributed by atoms with E-state index in [0.717, 1.165) is 11.1 Å². The fraction of sp³-hybridized carbons (Fsp3) is 0.222. The van der Waals surface area contributed by atoms with Gasteiger partial charge in [-0.25, -0.2) is 0 Å². The van der Waals surface area contributed by atoms with Crippen molar-refractivity contribution in [3.8, 4) is 0 Å². The van der Waals surface area contributed by atoms with E-state index in [0.29, 0.717) is 6.42 Å². The molecule has 2 nitrogen and oxygen atoms in total. The Morgan fingerprint density at radius 1 is 1.36 bits per heavy atom. The van der Waals surface area contributed by atoms with Gasteiger partial charge < -0.3 is 5.73 Å². The summed E-state index contributed by atoms with van der Waals surface area (Å²) in [6.45, 7) is 0. The number of benzene rings is 1. The van der Waals surface area contributed by atoms with Crippen LogP contribution >= 0.6 is 0 Å². The smallest absolute Gasteiger partial charge is 0.158 e. The topological polar surface area (TPSA) is 43.1 Å². The molecule has 0 aliphatic heterocycles. The Morgan fingerprint density at radius 3 is 2.82 bits per heavy atom. The molecule has 1 atom stereocenters. The summed E-state index contributed by atoms with van der Waals surface area (Å²) in [5, 5.41) is 0. The van der Waals surface area contributed by atoms with Crippen LogP contribution in [-0.2, 0) is 11.2 Å². The van der Waals surface area contributed by atoms with Gasteiger partial charge in [0, 0.05) is 6.42 Å². The Labute approximate surface area is 65.0 Å². The Morgan fingerprint density at radius 2 is 2.09 bits per heavy atom. The number of carbonyl (C=O) groups excluding carboxylic acids is 1. The van der Waals surface area contributed by atoms with Gasteiger partial charge in [-0.1, -0.05) is 24.3 Å². The highest BCUT2D eigenvalue weighted by molar-refractivity contribution is 5.91. The highest BCUT2D eigenvalue weighted by Crippen LogP contribution is 2.25. The molecule has 0 aromatic heterocycles. The largest absolute Gasteiger partial charge is 0.318 e. The molecule has 0 heterocycles. The summed E-state index contributed by atoms with van der Waals surface area (Å²) in [5.74, 6) is 0.131. The van der Waals surface area contributed by atoms with E-state index in [1.807, 2.05) is 24.3 Å². The molecule has 1 aromatic rings. The van der Waals surface area contributed by atoms with Crippen molar-refractivity contribution < 1.29 is 4.79 Å². The van der Waals surface area contributed by atoms with Crippen molar-refractivity contribution in [3.05, 3.63) is 35.4 Å². The minimum Gasteiger partial charge on any atom is -0.318 e. The van der Waals surface area contributed by atoms with Crippen molar-refractivity contribution in [1.82, 2.24) is 0 Å². The first-order chi connectivity index (χ1) is 5.29. The molecular weight excluding hydrogens is 138 g/mol. The van der Waals surface area contributed by atoms with Crippen LogP contribution in [0.15, 0.2) is 24.3 Å². The number of rotatable bonds is 0. The first kappa shape index (κ1) is 6.55. The van der Waals surface area contributed by atoms with Crippen LogP contribution in [0.3, 0.4) is 0 Å².